The van der Waals surface area contributed by atoms with Crippen LogP contribution in [0.3, 0.4) is 0 Å². The van der Waals surface area contributed by atoms with E-state index in [4.69, 9.17) is 10.2 Å². The molecule has 0 aliphatic rings. The molecule has 1 aromatic rings. The van der Waals surface area contributed by atoms with Gasteiger partial charge in [-0.3, -0.25) is 5.43 Å². The summed E-state index contributed by atoms with van der Waals surface area (Å²) in [7, 11) is 0. The van der Waals surface area contributed by atoms with E-state index in [1.54, 1.807) is 6.92 Å². The molecule has 0 spiro atoms. The number of thiocarbonyl (C=S) groups is 1. The summed E-state index contributed by atoms with van der Waals surface area (Å²) in [5.74, 6) is 0.126. The molecule has 86 valence electrons. The van der Waals surface area contributed by atoms with E-state index in [0.717, 1.165) is 0 Å². The number of hydrogen-bond acceptors (Lipinski definition) is 5. The Bertz CT molecular complexity index is 507. The average molecular weight is 241 g/mol. The van der Waals surface area contributed by atoms with E-state index >= 15 is 0 Å². The molecule has 0 saturated heterocycles. The Hall–Kier alpha value is -1.89. The van der Waals surface area contributed by atoms with E-state index in [9.17, 15) is 9.90 Å². The second kappa shape index (κ2) is 4.75. The van der Waals surface area contributed by atoms with E-state index in [-0.39, 0.29) is 22.1 Å². The molecule has 0 bridgehead atoms. The van der Waals surface area contributed by atoms with E-state index < -0.39 is 5.63 Å². The molecule has 0 aliphatic carbocycles. The van der Waals surface area contributed by atoms with Crippen LogP contribution in [0.25, 0.3) is 0 Å². The molecule has 1 aromatic heterocycles. The molecular weight excluding hydrogens is 230 g/mol. The lowest BCUT2D eigenvalue weighted by atomic mass is 10.2. The number of nitrogens with two attached hydrogens (primary N) is 1. The molecule has 0 atom stereocenters. The number of nitrogens with zero attached hydrogens (tertiary/aromatic N) is 1. The maximum Gasteiger partial charge on any atom is 0.348 e. The number of hydrazone groups is 1. The highest BCUT2D eigenvalue weighted by atomic mass is 32.1. The maximum atomic E-state index is 11.4. The first-order valence-corrected chi connectivity index (χ1v) is 4.76. The van der Waals surface area contributed by atoms with Crippen LogP contribution in [0.5, 0.6) is 5.75 Å². The number of hydrogen-bond donors (Lipinski definition) is 3. The Morgan fingerprint density at radius 3 is 2.81 bits per heavy atom. The average Bonchev–Trinajstić information content (AvgIpc) is 2.12. The first kappa shape index (κ1) is 12.2. The van der Waals surface area contributed by atoms with Crippen LogP contribution < -0.4 is 16.8 Å². The van der Waals surface area contributed by atoms with Crippen LogP contribution in [0.1, 0.15) is 18.2 Å². The van der Waals surface area contributed by atoms with Crippen molar-refractivity contribution in [2.75, 3.05) is 0 Å². The molecule has 0 aromatic carbocycles. The molecule has 1 rings (SSSR count). The topological polar surface area (TPSA) is 101 Å². The summed E-state index contributed by atoms with van der Waals surface area (Å²) in [5, 5.41) is 13.3. The molecule has 1 heterocycles. The van der Waals surface area contributed by atoms with Crippen LogP contribution in [0, 0.1) is 6.92 Å². The lowest BCUT2D eigenvalue weighted by Crippen LogP contribution is -2.26. The van der Waals surface area contributed by atoms with Crippen molar-refractivity contribution in [1.29, 1.82) is 0 Å². The fourth-order valence-corrected chi connectivity index (χ4v) is 1.17. The number of aryl methyl sites for hydroxylation is 1. The van der Waals surface area contributed by atoms with Crippen LogP contribution >= 0.6 is 12.2 Å². The first-order valence-electron chi connectivity index (χ1n) is 4.35. The van der Waals surface area contributed by atoms with Gasteiger partial charge < -0.3 is 15.3 Å². The van der Waals surface area contributed by atoms with Gasteiger partial charge >= 0.3 is 5.63 Å². The Balaban J connectivity index is 3.18. The molecule has 0 radical (unpaired) electrons. The lowest BCUT2D eigenvalue weighted by Gasteiger charge is -2.03. The molecule has 0 aliphatic heterocycles. The zero-order valence-electron chi connectivity index (χ0n) is 8.77. The van der Waals surface area contributed by atoms with Gasteiger partial charge in [0.05, 0.1) is 5.71 Å². The summed E-state index contributed by atoms with van der Waals surface area (Å²) in [5.41, 5.74) is 7.04. The smallest absolute Gasteiger partial charge is 0.348 e. The molecular formula is C9H11N3O3S. The van der Waals surface area contributed by atoms with E-state index in [1.807, 2.05) is 0 Å². The van der Waals surface area contributed by atoms with Crippen molar-refractivity contribution in [3.05, 3.63) is 27.8 Å². The van der Waals surface area contributed by atoms with Crippen molar-refractivity contribution < 1.29 is 9.52 Å². The van der Waals surface area contributed by atoms with E-state index in [0.29, 0.717) is 5.76 Å². The van der Waals surface area contributed by atoms with Gasteiger partial charge in [-0.25, -0.2) is 4.79 Å². The SMILES string of the molecule is CC(=NNC(N)=S)c1c(O)cc(C)oc1=O. The minimum atomic E-state index is -0.663. The van der Waals surface area contributed by atoms with Crippen LogP contribution in [0.4, 0.5) is 0 Å². The molecule has 0 unspecified atom stereocenters. The Morgan fingerprint density at radius 2 is 2.31 bits per heavy atom. The first-order chi connectivity index (χ1) is 7.41. The summed E-state index contributed by atoms with van der Waals surface area (Å²) in [6, 6.07) is 1.33. The maximum absolute atomic E-state index is 11.4. The molecule has 0 amide bonds. The van der Waals surface area contributed by atoms with Crippen LogP contribution in [0.2, 0.25) is 0 Å². The normalized spacial score (nSPS) is 11.2. The van der Waals surface area contributed by atoms with Gasteiger partial charge in [-0.05, 0) is 26.1 Å². The number of aromatic hydroxyl groups is 1. The summed E-state index contributed by atoms with van der Waals surface area (Å²) >= 11 is 4.55. The van der Waals surface area contributed by atoms with Crippen molar-refractivity contribution in [2.24, 2.45) is 10.8 Å². The standard InChI is InChI=1S/C9H11N3O3S/c1-4-3-6(13)7(8(14)15-4)5(2)11-12-9(10)16/h3,13H,1-2H3,(H3,10,12,16). The molecule has 0 saturated carbocycles. The third-order valence-electron chi connectivity index (χ3n) is 1.75. The van der Waals surface area contributed by atoms with Gasteiger partial charge in [-0.2, -0.15) is 5.10 Å². The van der Waals surface area contributed by atoms with Gasteiger partial charge in [0.15, 0.2) is 5.11 Å². The van der Waals surface area contributed by atoms with Crippen molar-refractivity contribution in [2.45, 2.75) is 13.8 Å². The van der Waals surface area contributed by atoms with E-state index in [2.05, 4.69) is 22.7 Å². The van der Waals surface area contributed by atoms with Gasteiger partial charge in [0.2, 0.25) is 0 Å². The van der Waals surface area contributed by atoms with Crippen molar-refractivity contribution in [1.82, 2.24) is 5.43 Å². The lowest BCUT2D eigenvalue weighted by molar-refractivity contribution is 0.432. The fourth-order valence-electron chi connectivity index (χ4n) is 1.12. The van der Waals surface area contributed by atoms with Crippen molar-refractivity contribution >= 4 is 23.0 Å². The second-order valence-corrected chi connectivity index (χ2v) is 3.52. The zero-order chi connectivity index (χ0) is 12.3. The van der Waals surface area contributed by atoms with Crippen molar-refractivity contribution in [3.63, 3.8) is 0 Å². The van der Waals surface area contributed by atoms with E-state index in [1.165, 1.54) is 13.0 Å². The predicted octanol–water partition coefficient (Wildman–Crippen LogP) is 0.211. The summed E-state index contributed by atoms with van der Waals surface area (Å²) < 4.78 is 4.83. The molecule has 16 heavy (non-hydrogen) atoms. The Morgan fingerprint density at radius 1 is 1.69 bits per heavy atom. The third kappa shape index (κ3) is 2.80. The highest BCUT2D eigenvalue weighted by molar-refractivity contribution is 7.80. The van der Waals surface area contributed by atoms with Gasteiger partial charge in [-0.1, -0.05) is 0 Å². The molecule has 0 fully saturated rings. The van der Waals surface area contributed by atoms with Crippen molar-refractivity contribution in [3.8, 4) is 5.75 Å². The van der Waals surface area contributed by atoms with Gasteiger partial charge in [0.1, 0.15) is 17.1 Å². The highest BCUT2D eigenvalue weighted by Crippen LogP contribution is 2.14. The number of nitrogens with one attached hydrogen (secondary N) is 1. The van der Waals surface area contributed by atoms with Crippen LogP contribution in [-0.2, 0) is 0 Å². The van der Waals surface area contributed by atoms with Gasteiger partial charge in [0.25, 0.3) is 0 Å². The monoisotopic (exact) mass is 241 g/mol. The molecule has 7 heteroatoms. The third-order valence-corrected chi connectivity index (χ3v) is 1.84. The zero-order valence-corrected chi connectivity index (χ0v) is 9.59. The Kier molecular flexibility index (Phi) is 3.62. The van der Waals surface area contributed by atoms with Crippen LogP contribution in [-0.4, -0.2) is 15.9 Å². The fraction of sp³-hybridized carbons (Fsp3) is 0.222. The van der Waals surface area contributed by atoms with Gasteiger partial charge in [0, 0.05) is 6.07 Å². The minimum absolute atomic E-state index is 0.0191. The molecule has 4 N–H and O–H groups in total. The predicted molar refractivity (Wildman–Crippen MR) is 63.5 cm³/mol. The summed E-state index contributed by atoms with van der Waals surface area (Å²) in [6.45, 7) is 3.08. The second-order valence-electron chi connectivity index (χ2n) is 3.08. The highest BCUT2D eigenvalue weighted by Gasteiger charge is 2.12. The number of rotatable bonds is 2. The largest absolute Gasteiger partial charge is 0.507 e. The molecule has 6 nitrogen and oxygen atoms in total. The quantitative estimate of drug-likeness (QED) is 0.389. The van der Waals surface area contributed by atoms with Gasteiger partial charge in [-0.15, -0.1) is 0 Å². The minimum Gasteiger partial charge on any atom is -0.507 e. The summed E-state index contributed by atoms with van der Waals surface area (Å²) in [4.78, 5) is 11.4. The Labute approximate surface area is 96.8 Å². The summed E-state index contributed by atoms with van der Waals surface area (Å²) in [6.07, 6.45) is 0. The van der Waals surface area contributed by atoms with Crippen LogP contribution in [0.15, 0.2) is 20.4 Å².